The van der Waals surface area contributed by atoms with E-state index in [4.69, 9.17) is 21.1 Å². The van der Waals surface area contributed by atoms with E-state index in [1.807, 2.05) is 24.3 Å². The molecule has 2 aromatic rings. The number of ether oxygens (including phenoxy) is 2. The summed E-state index contributed by atoms with van der Waals surface area (Å²) in [6, 6.07) is 12.9. The summed E-state index contributed by atoms with van der Waals surface area (Å²) in [6.45, 7) is 2.50. The van der Waals surface area contributed by atoms with Crippen LogP contribution in [0.3, 0.4) is 0 Å². The van der Waals surface area contributed by atoms with Crippen LogP contribution >= 0.6 is 27.5 Å². The van der Waals surface area contributed by atoms with Crippen molar-refractivity contribution in [1.82, 2.24) is 0 Å². The molecule has 0 aromatic heterocycles. The second-order valence-electron chi connectivity index (χ2n) is 4.52. The number of hydrogen-bond donors (Lipinski definition) is 1. The molecule has 2 rings (SSSR count). The number of benzene rings is 2. The van der Waals surface area contributed by atoms with Crippen LogP contribution in [0.2, 0.25) is 5.02 Å². The molecule has 0 heterocycles. The molecule has 0 saturated heterocycles. The first-order valence-electron chi connectivity index (χ1n) is 6.55. The van der Waals surface area contributed by atoms with E-state index < -0.39 is 6.10 Å². The van der Waals surface area contributed by atoms with Crippen LogP contribution in [-0.4, -0.2) is 18.3 Å². The van der Waals surface area contributed by atoms with Gasteiger partial charge in [0.15, 0.2) is 0 Å². The van der Waals surface area contributed by atoms with Crippen LogP contribution in [0, 0.1) is 0 Å². The molecule has 0 aliphatic carbocycles. The highest BCUT2D eigenvalue weighted by Crippen LogP contribution is 2.27. The van der Waals surface area contributed by atoms with Gasteiger partial charge in [0.1, 0.15) is 24.7 Å². The molecule has 21 heavy (non-hydrogen) atoms. The van der Waals surface area contributed by atoms with Crippen molar-refractivity contribution in [3.05, 3.63) is 57.5 Å². The van der Waals surface area contributed by atoms with Gasteiger partial charge in [0.2, 0.25) is 0 Å². The summed E-state index contributed by atoms with van der Waals surface area (Å²) in [7, 11) is 0. The molecular weight excluding hydrogens is 356 g/mol. The van der Waals surface area contributed by atoms with Gasteiger partial charge in [-0.2, -0.15) is 0 Å². The molecule has 1 atom stereocenters. The first-order valence-corrected chi connectivity index (χ1v) is 7.72. The van der Waals surface area contributed by atoms with E-state index in [0.717, 1.165) is 15.8 Å². The van der Waals surface area contributed by atoms with Gasteiger partial charge in [-0.3, -0.25) is 0 Å². The maximum absolute atomic E-state index is 9.48. The Hall–Kier alpha value is -1.23. The molecule has 0 fully saturated rings. The van der Waals surface area contributed by atoms with Crippen molar-refractivity contribution in [2.75, 3.05) is 13.2 Å². The lowest BCUT2D eigenvalue weighted by Gasteiger charge is -2.11. The quantitative estimate of drug-likeness (QED) is 0.753. The molecule has 0 aliphatic heterocycles. The van der Waals surface area contributed by atoms with E-state index in [-0.39, 0.29) is 0 Å². The Labute approximate surface area is 137 Å². The Morgan fingerprint density at radius 3 is 2.57 bits per heavy atom. The Morgan fingerprint density at radius 1 is 1.14 bits per heavy atom. The van der Waals surface area contributed by atoms with E-state index in [9.17, 15) is 5.11 Å². The van der Waals surface area contributed by atoms with E-state index in [1.54, 1.807) is 25.1 Å². The first-order chi connectivity index (χ1) is 10.1. The maximum atomic E-state index is 9.48. The third-order valence-corrected chi connectivity index (χ3v) is 3.63. The van der Waals surface area contributed by atoms with Crippen molar-refractivity contribution in [2.24, 2.45) is 0 Å². The summed E-state index contributed by atoms with van der Waals surface area (Å²) < 4.78 is 12.1. The lowest BCUT2D eigenvalue weighted by Crippen LogP contribution is -2.09. The molecule has 0 unspecified atom stereocenters. The number of rotatable bonds is 6. The van der Waals surface area contributed by atoms with E-state index >= 15 is 0 Å². The Bertz CT molecular complexity index is 602. The zero-order valence-electron chi connectivity index (χ0n) is 11.6. The lowest BCUT2D eigenvalue weighted by molar-refractivity contribution is 0.198. The van der Waals surface area contributed by atoms with Gasteiger partial charge in [-0.1, -0.05) is 39.7 Å². The topological polar surface area (TPSA) is 38.7 Å². The zero-order valence-corrected chi connectivity index (χ0v) is 13.9. The fourth-order valence-corrected chi connectivity index (χ4v) is 2.38. The van der Waals surface area contributed by atoms with Crippen molar-refractivity contribution in [3.63, 3.8) is 0 Å². The average Bonchev–Trinajstić information content (AvgIpc) is 2.45. The molecule has 0 spiro atoms. The Kier molecular flexibility index (Phi) is 5.91. The van der Waals surface area contributed by atoms with Crippen molar-refractivity contribution in [1.29, 1.82) is 0 Å². The van der Waals surface area contributed by atoms with Crippen molar-refractivity contribution in [2.45, 2.75) is 13.0 Å². The molecular formula is C16H16BrClO3. The lowest BCUT2D eigenvalue weighted by atomic mass is 10.1. The highest BCUT2D eigenvalue weighted by atomic mass is 79.9. The molecule has 2 aromatic carbocycles. The highest BCUT2D eigenvalue weighted by Gasteiger charge is 2.06. The normalized spacial score (nSPS) is 12.0. The van der Waals surface area contributed by atoms with Crippen LogP contribution < -0.4 is 9.47 Å². The number of aliphatic hydroxyl groups excluding tert-OH is 1. The fraction of sp³-hybridized carbons (Fsp3) is 0.250. The molecule has 1 N–H and O–H groups in total. The smallest absolute Gasteiger partial charge is 0.138 e. The van der Waals surface area contributed by atoms with Gasteiger partial charge in [0, 0.05) is 4.47 Å². The molecule has 0 bridgehead atoms. The van der Waals surface area contributed by atoms with Gasteiger partial charge in [-0.25, -0.2) is 0 Å². The predicted octanol–water partition coefficient (Wildman–Crippen LogP) is 4.61. The van der Waals surface area contributed by atoms with Crippen molar-refractivity contribution >= 4 is 27.5 Å². The summed E-state index contributed by atoms with van der Waals surface area (Å²) in [4.78, 5) is 0. The van der Waals surface area contributed by atoms with Gasteiger partial charge in [-0.05, 0) is 42.8 Å². The van der Waals surface area contributed by atoms with Crippen LogP contribution in [0.4, 0.5) is 0 Å². The van der Waals surface area contributed by atoms with Crippen molar-refractivity contribution in [3.8, 4) is 11.5 Å². The maximum Gasteiger partial charge on any atom is 0.138 e. The summed E-state index contributed by atoms with van der Waals surface area (Å²) in [5.41, 5.74) is 0.762. The van der Waals surface area contributed by atoms with Gasteiger partial charge in [0.25, 0.3) is 0 Å². The standard InChI is InChI=1S/C16H16BrClO3/c1-11(19)12-5-6-16(15(18)9-12)21-8-7-20-14-4-2-3-13(17)10-14/h2-6,9-11,19H,7-8H2,1H3/t11-/m0/s1. The van der Waals surface area contributed by atoms with Gasteiger partial charge < -0.3 is 14.6 Å². The molecule has 0 amide bonds. The molecule has 0 aliphatic rings. The molecule has 0 saturated carbocycles. The van der Waals surface area contributed by atoms with Crippen LogP contribution in [0.1, 0.15) is 18.6 Å². The SMILES string of the molecule is C[C@H](O)c1ccc(OCCOc2cccc(Br)c2)c(Cl)c1. The predicted molar refractivity (Wildman–Crippen MR) is 87.2 cm³/mol. The second-order valence-corrected chi connectivity index (χ2v) is 5.84. The fourth-order valence-electron chi connectivity index (χ4n) is 1.76. The Morgan fingerprint density at radius 2 is 1.90 bits per heavy atom. The van der Waals surface area contributed by atoms with Gasteiger partial charge in [0.05, 0.1) is 11.1 Å². The monoisotopic (exact) mass is 370 g/mol. The van der Waals surface area contributed by atoms with Crippen LogP contribution in [0.15, 0.2) is 46.9 Å². The summed E-state index contributed by atoms with van der Waals surface area (Å²) in [6.07, 6.45) is -0.545. The molecule has 3 nitrogen and oxygen atoms in total. The minimum Gasteiger partial charge on any atom is -0.490 e. The third kappa shape index (κ3) is 4.92. The van der Waals surface area contributed by atoms with Crippen LogP contribution in [0.25, 0.3) is 0 Å². The highest BCUT2D eigenvalue weighted by molar-refractivity contribution is 9.10. The summed E-state index contributed by atoms with van der Waals surface area (Å²) >= 11 is 9.49. The molecule has 5 heteroatoms. The number of hydrogen-bond acceptors (Lipinski definition) is 3. The minimum atomic E-state index is -0.545. The molecule has 0 radical (unpaired) electrons. The third-order valence-electron chi connectivity index (χ3n) is 2.84. The van der Waals surface area contributed by atoms with Crippen molar-refractivity contribution < 1.29 is 14.6 Å². The van der Waals surface area contributed by atoms with E-state index in [1.165, 1.54) is 0 Å². The van der Waals surface area contributed by atoms with E-state index in [2.05, 4.69) is 15.9 Å². The number of halogens is 2. The van der Waals surface area contributed by atoms with Gasteiger partial charge >= 0.3 is 0 Å². The minimum absolute atomic E-state index is 0.389. The van der Waals surface area contributed by atoms with Gasteiger partial charge in [-0.15, -0.1) is 0 Å². The average molecular weight is 372 g/mol. The summed E-state index contributed by atoms with van der Waals surface area (Å²) in [5.74, 6) is 1.36. The van der Waals surface area contributed by atoms with E-state index in [0.29, 0.717) is 24.0 Å². The first kappa shape index (κ1) is 16.1. The van der Waals surface area contributed by atoms with Crippen LogP contribution in [0.5, 0.6) is 11.5 Å². The Balaban J connectivity index is 1.83. The zero-order chi connectivity index (χ0) is 15.2. The molecule has 112 valence electrons. The largest absolute Gasteiger partial charge is 0.490 e. The summed E-state index contributed by atoms with van der Waals surface area (Å²) in [5, 5.41) is 9.96. The second kappa shape index (κ2) is 7.69. The van der Waals surface area contributed by atoms with Crippen LogP contribution in [-0.2, 0) is 0 Å². The number of aliphatic hydroxyl groups is 1.